The van der Waals surface area contributed by atoms with Crippen LogP contribution >= 0.6 is 11.6 Å². The molecule has 0 aromatic heterocycles. The van der Waals surface area contributed by atoms with E-state index in [0.29, 0.717) is 17.4 Å². The molecule has 0 aliphatic carbocycles. The highest BCUT2D eigenvalue weighted by Crippen LogP contribution is 2.30. The molecule has 0 saturated heterocycles. The number of hydrogen-bond acceptors (Lipinski definition) is 3. The quantitative estimate of drug-likeness (QED) is 0.855. The highest BCUT2D eigenvalue weighted by atomic mass is 35.5. The summed E-state index contributed by atoms with van der Waals surface area (Å²) in [6, 6.07) is 4.85. The lowest BCUT2D eigenvalue weighted by molar-refractivity contribution is 0.0517. The van der Waals surface area contributed by atoms with Gasteiger partial charge in [-0.2, -0.15) is 0 Å². The van der Waals surface area contributed by atoms with Gasteiger partial charge in [0.25, 0.3) is 0 Å². The first-order valence-electron chi connectivity index (χ1n) is 5.26. The molecule has 0 bridgehead atoms. The lowest BCUT2D eigenvalue weighted by Gasteiger charge is -2.26. The van der Waals surface area contributed by atoms with Crippen LogP contribution in [0.3, 0.4) is 0 Å². The van der Waals surface area contributed by atoms with Crippen molar-refractivity contribution in [1.82, 2.24) is 0 Å². The van der Waals surface area contributed by atoms with Crippen molar-refractivity contribution in [3.63, 3.8) is 0 Å². The molecule has 1 atom stereocenters. The van der Waals surface area contributed by atoms with Crippen molar-refractivity contribution in [2.75, 3.05) is 6.61 Å². The Morgan fingerprint density at radius 2 is 2.12 bits per heavy atom. The van der Waals surface area contributed by atoms with E-state index in [0.717, 1.165) is 5.56 Å². The van der Waals surface area contributed by atoms with Crippen LogP contribution in [0.15, 0.2) is 18.2 Å². The van der Waals surface area contributed by atoms with Gasteiger partial charge in [-0.05, 0) is 38.5 Å². The number of halogens is 1. The van der Waals surface area contributed by atoms with Gasteiger partial charge in [-0.1, -0.05) is 17.7 Å². The van der Waals surface area contributed by atoms with E-state index in [1.165, 1.54) is 0 Å². The van der Waals surface area contributed by atoms with Gasteiger partial charge in [0.15, 0.2) is 0 Å². The second kappa shape index (κ2) is 5.04. The van der Waals surface area contributed by atoms with Gasteiger partial charge in [-0.3, -0.25) is 0 Å². The van der Waals surface area contributed by atoms with E-state index in [1.807, 2.05) is 13.0 Å². The minimum absolute atomic E-state index is 0.472. The predicted octanol–water partition coefficient (Wildman–Crippen LogP) is 2.51. The number of benzene rings is 1. The number of hydrogen-bond donors (Lipinski definition) is 2. The van der Waals surface area contributed by atoms with E-state index >= 15 is 0 Å². The molecule has 1 rings (SSSR count). The predicted molar refractivity (Wildman–Crippen MR) is 65.8 cm³/mol. The van der Waals surface area contributed by atoms with E-state index in [-0.39, 0.29) is 0 Å². The molecule has 0 heterocycles. The molecule has 16 heavy (non-hydrogen) atoms. The fraction of sp³-hybridized carbons (Fsp3) is 0.500. The van der Waals surface area contributed by atoms with E-state index in [9.17, 15) is 5.11 Å². The van der Waals surface area contributed by atoms with Crippen molar-refractivity contribution in [2.24, 2.45) is 5.73 Å². The zero-order valence-corrected chi connectivity index (χ0v) is 10.6. The Bertz CT molecular complexity index is 361. The first-order chi connectivity index (χ1) is 7.36. The fourth-order valence-corrected chi connectivity index (χ4v) is 1.63. The Morgan fingerprint density at radius 1 is 1.50 bits per heavy atom. The van der Waals surface area contributed by atoms with Gasteiger partial charge in [0, 0.05) is 0 Å². The summed E-state index contributed by atoms with van der Waals surface area (Å²) in [6.07, 6.45) is 0. The average Bonchev–Trinajstić information content (AvgIpc) is 2.19. The van der Waals surface area contributed by atoms with Crippen LogP contribution in [-0.4, -0.2) is 17.3 Å². The van der Waals surface area contributed by atoms with E-state index in [2.05, 4.69) is 0 Å². The summed E-state index contributed by atoms with van der Waals surface area (Å²) >= 11 is 6.04. The molecule has 3 nitrogen and oxygen atoms in total. The zero-order valence-electron chi connectivity index (χ0n) is 9.83. The van der Waals surface area contributed by atoms with Gasteiger partial charge in [0.05, 0.1) is 23.3 Å². The Balaban J connectivity index is 2.97. The topological polar surface area (TPSA) is 55.5 Å². The summed E-state index contributed by atoms with van der Waals surface area (Å²) in [5.74, 6) is 0.635. The Labute approximate surface area is 101 Å². The molecular weight excluding hydrogens is 226 g/mol. The molecule has 0 aliphatic heterocycles. The maximum Gasteiger partial charge on any atom is 0.137 e. The van der Waals surface area contributed by atoms with E-state index in [1.54, 1.807) is 26.0 Å². The largest absolute Gasteiger partial charge is 0.492 e. The van der Waals surface area contributed by atoms with Gasteiger partial charge in [0.2, 0.25) is 0 Å². The van der Waals surface area contributed by atoms with Gasteiger partial charge in [0.1, 0.15) is 5.75 Å². The Hall–Kier alpha value is -0.770. The molecule has 0 fully saturated rings. The molecule has 1 unspecified atom stereocenters. The number of nitrogens with two attached hydrogens (primary N) is 1. The Morgan fingerprint density at radius 3 is 2.56 bits per heavy atom. The summed E-state index contributed by atoms with van der Waals surface area (Å²) in [7, 11) is 0. The normalized spacial score (nSPS) is 13.6. The average molecular weight is 244 g/mol. The second-order valence-electron chi connectivity index (χ2n) is 4.25. The summed E-state index contributed by atoms with van der Waals surface area (Å²) in [5.41, 5.74) is 5.73. The maximum absolute atomic E-state index is 9.80. The summed E-state index contributed by atoms with van der Waals surface area (Å²) in [4.78, 5) is 0. The van der Waals surface area contributed by atoms with Gasteiger partial charge >= 0.3 is 0 Å². The van der Waals surface area contributed by atoms with Crippen LogP contribution in [0, 0.1) is 0 Å². The minimum atomic E-state index is -0.976. The van der Waals surface area contributed by atoms with Gasteiger partial charge in [-0.15, -0.1) is 0 Å². The number of aliphatic hydroxyl groups is 1. The number of rotatable bonds is 4. The van der Waals surface area contributed by atoms with Crippen molar-refractivity contribution in [3.05, 3.63) is 28.8 Å². The van der Waals surface area contributed by atoms with Crippen molar-refractivity contribution < 1.29 is 9.84 Å². The molecular formula is C12H18ClNO2. The molecule has 4 heteroatoms. The SMILES string of the molecule is CCOc1ccc(C(N)C(C)(C)O)cc1Cl. The molecule has 0 spiro atoms. The van der Waals surface area contributed by atoms with Crippen LogP contribution in [-0.2, 0) is 0 Å². The third-order valence-electron chi connectivity index (χ3n) is 2.38. The van der Waals surface area contributed by atoms with Crippen molar-refractivity contribution in [2.45, 2.75) is 32.4 Å². The zero-order chi connectivity index (χ0) is 12.3. The maximum atomic E-state index is 9.80. The molecule has 0 aliphatic rings. The standard InChI is InChI=1S/C12H18ClNO2/c1-4-16-10-6-5-8(7-9(10)13)11(14)12(2,3)15/h5-7,11,15H,4,14H2,1-3H3. The summed E-state index contributed by atoms with van der Waals surface area (Å²) < 4.78 is 5.32. The molecule has 1 aromatic rings. The molecule has 3 N–H and O–H groups in total. The molecule has 1 aromatic carbocycles. The van der Waals surface area contributed by atoms with E-state index in [4.69, 9.17) is 22.1 Å². The first-order valence-corrected chi connectivity index (χ1v) is 5.64. The van der Waals surface area contributed by atoms with Gasteiger partial charge in [-0.25, -0.2) is 0 Å². The van der Waals surface area contributed by atoms with Crippen LogP contribution in [0.5, 0.6) is 5.75 Å². The summed E-state index contributed by atoms with van der Waals surface area (Å²) in [6.45, 7) is 5.80. The highest BCUT2D eigenvalue weighted by molar-refractivity contribution is 6.32. The monoisotopic (exact) mass is 243 g/mol. The molecule has 90 valence electrons. The third kappa shape index (κ3) is 3.11. The second-order valence-corrected chi connectivity index (χ2v) is 4.66. The molecule has 0 amide bonds. The molecule has 0 radical (unpaired) electrons. The van der Waals surface area contributed by atoms with Crippen molar-refractivity contribution in [3.8, 4) is 5.75 Å². The lowest BCUT2D eigenvalue weighted by Crippen LogP contribution is -2.35. The number of ether oxygens (including phenoxy) is 1. The lowest BCUT2D eigenvalue weighted by atomic mass is 9.93. The van der Waals surface area contributed by atoms with Crippen LogP contribution in [0.2, 0.25) is 5.02 Å². The van der Waals surface area contributed by atoms with Crippen molar-refractivity contribution >= 4 is 11.6 Å². The third-order valence-corrected chi connectivity index (χ3v) is 2.67. The molecule has 0 saturated carbocycles. The smallest absolute Gasteiger partial charge is 0.137 e. The Kier molecular flexibility index (Phi) is 4.19. The van der Waals surface area contributed by atoms with Crippen LogP contribution in [0.25, 0.3) is 0 Å². The van der Waals surface area contributed by atoms with Crippen LogP contribution < -0.4 is 10.5 Å². The minimum Gasteiger partial charge on any atom is -0.492 e. The van der Waals surface area contributed by atoms with Crippen molar-refractivity contribution in [1.29, 1.82) is 0 Å². The first kappa shape index (κ1) is 13.3. The van der Waals surface area contributed by atoms with Gasteiger partial charge < -0.3 is 15.6 Å². The fourth-order valence-electron chi connectivity index (χ4n) is 1.39. The van der Waals surface area contributed by atoms with E-state index < -0.39 is 11.6 Å². The van der Waals surface area contributed by atoms with Crippen LogP contribution in [0.1, 0.15) is 32.4 Å². The van der Waals surface area contributed by atoms with Crippen LogP contribution in [0.4, 0.5) is 0 Å². The summed E-state index contributed by atoms with van der Waals surface area (Å²) in [5, 5.41) is 10.3. The highest BCUT2D eigenvalue weighted by Gasteiger charge is 2.24.